The van der Waals surface area contributed by atoms with Crippen molar-refractivity contribution >= 4 is 17.7 Å². The molecule has 1 aromatic carbocycles. The molecule has 2 aliphatic rings. The van der Waals surface area contributed by atoms with Crippen LogP contribution in [-0.4, -0.2) is 45.5 Å². The smallest absolute Gasteiger partial charge is 0.227 e. The first-order valence-corrected chi connectivity index (χ1v) is 9.78. The van der Waals surface area contributed by atoms with Gasteiger partial charge in [0.2, 0.25) is 5.91 Å². The zero-order valence-electron chi connectivity index (χ0n) is 14.4. The summed E-state index contributed by atoms with van der Waals surface area (Å²) in [6, 6.07) is 12.1. The van der Waals surface area contributed by atoms with Crippen molar-refractivity contribution in [3.05, 3.63) is 65.7 Å². The molecule has 4 rings (SSSR count). The van der Waals surface area contributed by atoms with Gasteiger partial charge in [-0.2, -0.15) is 0 Å². The Bertz CT molecular complexity index is 780. The van der Waals surface area contributed by atoms with E-state index < -0.39 is 0 Å². The Morgan fingerprint density at radius 2 is 2.19 bits per heavy atom. The van der Waals surface area contributed by atoms with Gasteiger partial charge in [0.25, 0.3) is 0 Å². The number of ether oxygens (including phenoxy) is 1. The summed E-state index contributed by atoms with van der Waals surface area (Å²) in [5, 5.41) is 0. The van der Waals surface area contributed by atoms with Crippen LogP contribution in [0.3, 0.4) is 0 Å². The minimum Gasteiger partial charge on any atom is -0.371 e. The first-order valence-electron chi connectivity index (χ1n) is 8.80. The van der Waals surface area contributed by atoms with Crippen molar-refractivity contribution < 1.29 is 13.9 Å². The Labute approximate surface area is 156 Å². The van der Waals surface area contributed by atoms with Crippen LogP contribution in [0.5, 0.6) is 0 Å². The number of amides is 1. The van der Waals surface area contributed by atoms with Crippen LogP contribution in [0.1, 0.15) is 17.7 Å². The molecule has 0 N–H and O–H groups in total. The summed E-state index contributed by atoms with van der Waals surface area (Å²) >= 11 is 1.91. The van der Waals surface area contributed by atoms with Crippen LogP contribution < -0.4 is 0 Å². The third kappa shape index (κ3) is 3.91. The Morgan fingerprint density at radius 3 is 2.96 bits per heavy atom. The summed E-state index contributed by atoms with van der Waals surface area (Å²) in [5.74, 6) is 0.730. The molecule has 26 heavy (non-hydrogen) atoms. The van der Waals surface area contributed by atoms with Crippen LogP contribution in [0.2, 0.25) is 0 Å². The predicted molar refractivity (Wildman–Crippen MR) is 99.3 cm³/mol. The minimum absolute atomic E-state index is 0.0691. The molecule has 0 unspecified atom stereocenters. The normalized spacial score (nSPS) is 21.0. The first-order chi connectivity index (χ1) is 12.6. The van der Waals surface area contributed by atoms with E-state index in [1.807, 2.05) is 34.9 Å². The molecule has 0 saturated carbocycles. The van der Waals surface area contributed by atoms with E-state index in [1.54, 1.807) is 18.3 Å². The summed E-state index contributed by atoms with van der Waals surface area (Å²) in [5.41, 5.74) is 1.67. The van der Waals surface area contributed by atoms with Gasteiger partial charge < -0.3 is 9.64 Å². The van der Waals surface area contributed by atoms with Crippen molar-refractivity contribution in [1.82, 2.24) is 9.88 Å². The molecule has 1 aromatic heterocycles. The van der Waals surface area contributed by atoms with Gasteiger partial charge in [0, 0.05) is 25.0 Å². The standard InChI is InChI=1S/C20H21FN2O2S/c21-16-5-3-4-15(8-16)9-19(24)23-13-20(14-23)10-18(12-26-20)25-11-17-6-1-2-7-22-17/h1-8,18H,9-14H2/t18-/m1/s1. The third-order valence-corrected chi connectivity index (χ3v) is 6.50. The van der Waals surface area contributed by atoms with E-state index in [0.29, 0.717) is 6.61 Å². The lowest BCUT2D eigenvalue weighted by atomic mass is 9.92. The van der Waals surface area contributed by atoms with Crippen LogP contribution in [0, 0.1) is 5.82 Å². The van der Waals surface area contributed by atoms with Crippen LogP contribution in [0.4, 0.5) is 4.39 Å². The number of likely N-dealkylation sites (tertiary alicyclic amines) is 1. The summed E-state index contributed by atoms with van der Waals surface area (Å²) in [7, 11) is 0. The molecule has 2 fully saturated rings. The SMILES string of the molecule is O=C(Cc1cccc(F)c1)N1CC2(C[C@@H](OCc3ccccn3)CS2)C1. The molecule has 4 nitrogen and oxygen atoms in total. The molecule has 2 saturated heterocycles. The van der Waals surface area contributed by atoms with Crippen LogP contribution in [-0.2, 0) is 22.6 Å². The number of hydrogen-bond acceptors (Lipinski definition) is 4. The topological polar surface area (TPSA) is 42.4 Å². The molecule has 2 aromatic rings. The molecule has 6 heteroatoms. The second kappa shape index (κ2) is 7.37. The number of carbonyl (C=O) groups is 1. The lowest BCUT2D eigenvalue weighted by Crippen LogP contribution is -2.61. The lowest BCUT2D eigenvalue weighted by Gasteiger charge is -2.47. The van der Waals surface area contributed by atoms with Crippen molar-refractivity contribution in [2.75, 3.05) is 18.8 Å². The Morgan fingerprint density at radius 1 is 1.31 bits per heavy atom. The fourth-order valence-corrected chi connectivity index (χ4v) is 5.13. The first kappa shape index (κ1) is 17.5. The van der Waals surface area contributed by atoms with Gasteiger partial charge >= 0.3 is 0 Å². The predicted octanol–water partition coefficient (Wildman–Crippen LogP) is 3.07. The number of halogens is 1. The molecule has 0 radical (unpaired) electrons. The van der Waals surface area contributed by atoms with E-state index in [1.165, 1.54) is 12.1 Å². The van der Waals surface area contributed by atoms with Crippen molar-refractivity contribution in [2.45, 2.75) is 30.3 Å². The summed E-state index contributed by atoms with van der Waals surface area (Å²) in [6.45, 7) is 2.05. The summed E-state index contributed by atoms with van der Waals surface area (Å²) < 4.78 is 19.4. The number of thioether (sulfide) groups is 1. The highest BCUT2D eigenvalue weighted by molar-refractivity contribution is 8.01. The fourth-order valence-electron chi connectivity index (χ4n) is 3.58. The lowest BCUT2D eigenvalue weighted by molar-refractivity contribution is -0.136. The average Bonchev–Trinajstić information content (AvgIpc) is 3.04. The molecular formula is C20H21FN2O2S. The molecule has 1 spiro atoms. The number of benzene rings is 1. The highest BCUT2D eigenvalue weighted by atomic mass is 32.2. The second-order valence-corrected chi connectivity index (χ2v) is 8.50. The molecule has 1 amide bonds. The quantitative estimate of drug-likeness (QED) is 0.809. The van der Waals surface area contributed by atoms with E-state index in [2.05, 4.69) is 4.98 Å². The number of rotatable bonds is 5. The van der Waals surface area contributed by atoms with Crippen molar-refractivity contribution in [2.24, 2.45) is 0 Å². The van der Waals surface area contributed by atoms with E-state index in [0.717, 1.165) is 36.5 Å². The van der Waals surface area contributed by atoms with Crippen LogP contribution in [0.15, 0.2) is 48.7 Å². The van der Waals surface area contributed by atoms with Gasteiger partial charge in [-0.1, -0.05) is 18.2 Å². The molecule has 0 bridgehead atoms. The minimum atomic E-state index is -0.297. The Balaban J connectivity index is 1.24. The third-order valence-electron chi connectivity index (χ3n) is 4.92. The van der Waals surface area contributed by atoms with Crippen LogP contribution in [0.25, 0.3) is 0 Å². The van der Waals surface area contributed by atoms with Crippen molar-refractivity contribution in [3.8, 4) is 0 Å². The van der Waals surface area contributed by atoms with E-state index >= 15 is 0 Å². The number of carbonyl (C=O) groups excluding carboxylic acids is 1. The van der Waals surface area contributed by atoms with E-state index in [9.17, 15) is 9.18 Å². The largest absolute Gasteiger partial charge is 0.371 e. The zero-order chi connectivity index (χ0) is 18.0. The molecule has 136 valence electrons. The fraction of sp³-hybridized carbons (Fsp3) is 0.400. The number of aromatic nitrogens is 1. The van der Waals surface area contributed by atoms with Gasteiger partial charge in [-0.05, 0) is 36.2 Å². The highest BCUT2D eigenvalue weighted by Crippen LogP contribution is 2.46. The van der Waals surface area contributed by atoms with Gasteiger partial charge in [0.05, 0.1) is 29.6 Å². The van der Waals surface area contributed by atoms with Gasteiger partial charge in [0.1, 0.15) is 5.82 Å². The maximum absolute atomic E-state index is 13.2. The second-order valence-electron chi connectivity index (χ2n) is 7.01. The molecular weight excluding hydrogens is 351 g/mol. The number of nitrogens with zero attached hydrogens (tertiary/aromatic N) is 2. The number of hydrogen-bond donors (Lipinski definition) is 0. The molecule has 1 atom stereocenters. The van der Waals surface area contributed by atoms with Crippen LogP contribution >= 0.6 is 11.8 Å². The molecule has 0 aliphatic carbocycles. The van der Waals surface area contributed by atoms with Gasteiger partial charge in [-0.3, -0.25) is 9.78 Å². The molecule has 2 aliphatic heterocycles. The highest BCUT2D eigenvalue weighted by Gasteiger charge is 2.50. The monoisotopic (exact) mass is 372 g/mol. The Kier molecular flexibility index (Phi) is 4.96. The van der Waals surface area contributed by atoms with Gasteiger partial charge in [-0.25, -0.2) is 4.39 Å². The summed E-state index contributed by atoms with van der Waals surface area (Å²) in [4.78, 5) is 18.5. The maximum atomic E-state index is 13.2. The maximum Gasteiger partial charge on any atom is 0.227 e. The Hall–Kier alpha value is -1.92. The zero-order valence-corrected chi connectivity index (χ0v) is 15.3. The van der Waals surface area contributed by atoms with Gasteiger partial charge in [0.15, 0.2) is 0 Å². The average molecular weight is 372 g/mol. The summed E-state index contributed by atoms with van der Waals surface area (Å²) in [6.07, 6.45) is 3.21. The van der Waals surface area contributed by atoms with E-state index in [-0.39, 0.29) is 29.0 Å². The molecule has 3 heterocycles. The van der Waals surface area contributed by atoms with Crippen molar-refractivity contribution in [1.29, 1.82) is 0 Å². The van der Waals surface area contributed by atoms with E-state index in [4.69, 9.17) is 4.74 Å². The van der Waals surface area contributed by atoms with Crippen molar-refractivity contribution in [3.63, 3.8) is 0 Å². The van der Waals surface area contributed by atoms with Gasteiger partial charge in [-0.15, -0.1) is 11.8 Å². The number of pyridine rings is 1.